The van der Waals surface area contributed by atoms with Crippen molar-refractivity contribution < 1.29 is 9.53 Å². The molecule has 3 heteroatoms. The zero-order valence-corrected chi connectivity index (χ0v) is 10.8. The largest absolute Gasteiger partial charge is 0.496 e. The van der Waals surface area contributed by atoms with Crippen molar-refractivity contribution >= 4 is 11.6 Å². The van der Waals surface area contributed by atoms with Crippen molar-refractivity contribution in [2.24, 2.45) is 0 Å². The van der Waals surface area contributed by atoms with E-state index in [1.54, 1.807) is 26.0 Å². The molecule has 3 nitrogen and oxygen atoms in total. The number of nitrogens with zero attached hydrogens (tertiary/aromatic N) is 1. The third-order valence-electron chi connectivity index (χ3n) is 3.04. The minimum atomic E-state index is 0.0377. The summed E-state index contributed by atoms with van der Waals surface area (Å²) < 4.78 is 5.30. The van der Waals surface area contributed by atoms with E-state index < -0.39 is 0 Å². The van der Waals surface area contributed by atoms with Crippen LogP contribution in [0.4, 0.5) is 5.69 Å². The molecule has 0 N–H and O–H groups in total. The van der Waals surface area contributed by atoms with Crippen LogP contribution in [0.3, 0.4) is 0 Å². The van der Waals surface area contributed by atoms with Crippen LogP contribution in [0.5, 0.6) is 5.75 Å². The maximum atomic E-state index is 11.4. The third kappa shape index (κ3) is 2.03. The molecule has 0 aromatic heterocycles. The van der Waals surface area contributed by atoms with E-state index in [9.17, 15) is 4.79 Å². The summed E-state index contributed by atoms with van der Waals surface area (Å²) in [6.07, 6.45) is 0. The molecule has 1 rings (SSSR count). The molecule has 0 aliphatic carbocycles. The molecule has 0 atom stereocenters. The Morgan fingerprint density at radius 2 is 1.81 bits per heavy atom. The highest BCUT2D eigenvalue weighted by Gasteiger charge is 2.15. The number of hydrogen-bond acceptors (Lipinski definition) is 2. The molecule has 88 valence electrons. The van der Waals surface area contributed by atoms with Crippen LogP contribution in [0.1, 0.15) is 23.6 Å². The van der Waals surface area contributed by atoms with E-state index in [2.05, 4.69) is 0 Å². The number of aryl methyl sites for hydroxylation is 1. The van der Waals surface area contributed by atoms with E-state index >= 15 is 0 Å². The lowest BCUT2D eigenvalue weighted by atomic mass is 10.0. The second-order valence-corrected chi connectivity index (χ2v) is 4.07. The highest BCUT2D eigenvalue weighted by molar-refractivity contribution is 5.93. The molecule has 0 saturated heterocycles. The molecule has 0 aliphatic heterocycles. The summed E-state index contributed by atoms with van der Waals surface area (Å²) >= 11 is 0. The first-order valence-electron chi connectivity index (χ1n) is 5.29. The van der Waals surface area contributed by atoms with E-state index in [1.165, 1.54) is 0 Å². The minimum Gasteiger partial charge on any atom is -0.496 e. The van der Waals surface area contributed by atoms with Gasteiger partial charge in [0.25, 0.3) is 0 Å². The van der Waals surface area contributed by atoms with E-state index in [0.717, 1.165) is 28.1 Å². The van der Waals surface area contributed by atoms with Crippen LogP contribution in [0, 0.1) is 20.8 Å². The third-order valence-corrected chi connectivity index (χ3v) is 3.04. The molecular formula is C13H19NO2. The number of benzene rings is 1. The van der Waals surface area contributed by atoms with Gasteiger partial charge in [-0.15, -0.1) is 0 Å². The quantitative estimate of drug-likeness (QED) is 0.768. The summed E-state index contributed by atoms with van der Waals surface area (Å²) in [6, 6.07) is 1.97. The molecule has 16 heavy (non-hydrogen) atoms. The zero-order valence-electron chi connectivity index (χ0n) is 10.8. The molecule has 0 bridgehead atoms. The van der Waals surface area contributed by atoms with Gasteiger partial charge >= 0.3 is 0 Å². The van der Waals surface area contributed by atoms with Gasteiger partial charge in [0.15, 0.2) is 0 Å². The van der Waals surface area contributed by atoms with Gasteiger partial charge < -0.3 is 9.64 Å². The van der Waals surface area contributed by atoms with Crippen LogP contribution in [0.25, 0.3) is 0 Å². The number of hydrogen-bond donors (Lipinski definition) is 0. The predicted octanol–water partition coefficient (Wildman–Crippen LogP) is 2.60. The van der Waals surface area contributed by atoms with Crippen LogP contribution < -0.4 is 9.64 Å². The maximum Gasteiger partial charge on any atom is 0.223 e. The highest BCUT2D eigenvalue weighted by atomic mass is 16.5. The average molecular weight is 221 g/mol. The number of ether oxygens (including phenoxy) is 1. The van der Waals surface area contributed by atoms with Crippen molar-refractivity contribution in [1.82, 2.24) is 0 Å². The SMILES string of the molecule is COc1cc(C)c(N(C)C(C)=O)c(C)c1C. The van der Waals surface area contributed by atoms with Gasteiger partial charge in [0, 0.05) is 19.7 Å². The number of anilines is 1. The second-order valence-electron chi connectivity index (χ2n) is 4.07. The Labute approximate surface area is 97.0 Å². The van der Waals surface area contributed by atoms with Crippen molar-refractivity contribution in [3.05, 3.63) is 22.8 Å². The molecule has 0 heterocycles. The zero-order chi connectivity index (χ0) is 12.5. The number of amides is 1. The van der Waals surface area contributed by atoms with Crippen molar-refractivity contribution in [1.29, 1.82) is 0 Å². The molecule has 1 aromatic rings. The van der Waals surface area contributed by atoms with Gasteiger partial charge in [-0.05, 0) is 43.5 Å². The normalized spacial score (nSPS) is 10.1. The molecule has 0 spiro atoms. The molecular weight excluding hydrogens is 202 g/mol. The van der Waals surface area contributed by atoms with Gasteiger partial charge in [0.1, 0.15) is 5.75 Å². The second kappa shape index (κ2) is 4.56. The van der Waals surface area contributed by atoms with E-state index in [1.807, 2.05) is 26.8 Å². The summed E-state index contributed by atoms with van der Waals surface area (Å²) in [4.78, 5) is 13.1. The summed E-state index contributed by atoms with van der Waals surface area (Å²) in [5, 5.41) is 0. The molecule has 0 aliphatic rings. The number of carbonyl (C=O) groups is 1. The Balaban J connectivity index is 3.41. The molecule has 0 radical (unpaired) electrons. The van der Waals surface area contributed by atoms with Gasteiger partial charge in [0.2, 0.25) is 5.91 Å². The fraction of sp³-hybridized carbons (Fsp3) is 0.462. The van der Waals surface area contributed by atoms with Crippen molar-refractivity contribution in [2.45, 2.75) is 27.7 Å². The summed E-state index contributed by atoms with van der Waals surface area (Å²) in [6.45, 7) is 7.58. The molecule has 1 amide bonds. The van der Waals surface area contributed by atoms with Crippen molar-refractivity contribution in [3.8, 4) is 5.75 Å². The first kappa shape index (κ1) is 12.6. The summed E-state index contributed by atoms with van der Waals surface area (Å²) in [7, 11) is 3.46. The van der Waals surface area contributed by atoms with Crippen LogP contribution in [0.15, 0.2) is 6.07 Å². The van der Waals surface area contributed by atoms with Gasteiger partial charge in [0.05, 0.1) is 7.11 Å². The fourth-order valence-corrected chi connectivity index (χ4v) is 1.92. The average Bonchev–Trinajstić information content (AvgIpc) is 2.23. The van der Waals surface area contributed by atoms with Crippen molar-refractivity contribution in [3.63, 3.8) is 0 Å². The Bertz CT molecular complexity index is 424. The maximum absolute atomic E-state index is 11.4. The first-order valence-corrected chi connectivity index (χ1v) is 5.29. The fourth-order valence-electron chi connectivity index (χ4n) is 1.92. The first-order chi connectivity index (χ1) is 7.40. The monoisotopic (exact) mass is 221 g/mol. The van der Waals surface area contributed by atoms with Gasteiger partial charge in [-0.25, -0.2) is 0 Å². The van der Waals surface area contributed by atoms with Crippen LogP contribution in [-0.2, 0) is 4.79 Å². The summed E-state index contributed by atoms with van der Waals surface area (Å²) in [5.41, 5.74) is 4.20. The topological polar surface area (TPSA) is 29.5 Å². The molecule has 0 unspecified atom stereocenters. The highest BCUT2D eigenvalue weighted by Crippen LogP contribution is 2.33. The Morgan fingerprint density at radius 1 is 1.25 bits per heavy atom. The van der Waals surface area contributed by atoms with Crippen molar-refractivity contribution in [2.75, 3.05) is 19.1 Å². The van der Waals surface area contributed by atoms with Gasteiger partial charge in [-0.3, -0.25) is 4.79 Å². The number of rotatable bonds is 2. The predicted molar refractivity (Wildman–Crippen MR) is 66.3 cm³/mol. The van der Waals surface area contributed by atoms with E-state index in [-0.39, 0.29) is 5.91 Å². The van der Waals surface area contributed by atoms with Gasteiger partial charge in [-0.1, -0.05) is 0 Å². The number of methoxy groups -OCH3 is 1. The molecule has 1 aromatic carbocycles. The minimum absolute atomic E-state index is 0.0377. The summed E-state index contributed by atoms with van der Waals surface area (Å²) in [5.74, 6) is 0.909. The smallest absolute Gasteiger partial charge is 0.223 e. The lowest BCUT2D eigenvalue weighted by Gasteiger charge is -2.23. The lowest BCUT2D eigenvalue weighted by molar-refractivity contribution is -0.116. The number of carbonyl (C=O) groups excluding carboxylic acids is 1. The molecule has 0 fully saturated rings. The Hall–Kier alpha value is -1.51. The molecule has 0 saturated carbocycles. The van der Waals surface area contributed by atoms with Crippen LogP contribution >= 0.6 is 0 Å². The van der Waals surface area contributed by atoms with E-state index in [4.69, 9.17) is 4.74 Å². The Morgan fingerprint density at radius 3 is 2.25 bits per heavy atom. The Kier molecular flexibility index (Phi) is 3.58. The lowest BCUT2D eigenvalue weighted by Crippen LogP contribution is -2.25. The van der Waals surface area contributed by atoms with Crippen LogP contribution in [-0.4, -0.2) is 20.1 Å². The standard InChI is InChI=1S/C13H19NO2/c1-8-7-12(16-6)9(2)10(3)13(8)14(5)11(4)15/h7H,1-6H3. The van der Waals surface area contributed by atoms with Crippen LogP contribution in [0.2, 0.25) is 0 Å². The van der Waals surface area contributed by atoms with E-state index in [0.29, 0.717) is 0 Å². The van der Waals surface area contributed by atoms with Gasteiger partial charge in [-0.2, -0.15) is 0 Å².